The molecule has 2 amide bonds. The Morgan fingerprint density at radius 1 is 0.854 bits per heavy atom. The predicted molar refractivity (Wildman–Crippen MR) is 156 cm³/mol. The second-order valence-corrected chi connectivity index (χ2v) is 9.56. The standard InChI is InChI=1S/C15H13N3O2S.C15H13NO4/c1-20-15(19)18-14-16-12-8-7-11(9-13(12)17-14)21-10-5-3-2-4-6-10;1-10(17)16-11-6-8-12(9-7-11)20-15(19)13-4-2-3-5-14(13)18/h2-9H,1H3,(H2,16,17,18,19);2-9,18H,1H3,(H,16,17). The number of nitrogens with zero attached hydrogens (tertiary/aromatic N) is 1. The molecule has 5 rings (SSSR count). The highest BCUT2D eigenvalue weighted by atomic mass is 32.2. The van der Waals surface area contributed by atoms with Gasteiger partial charge >= 0.3 is 12.1 Å². The molecule has 0 spiro atoms. The van der Waals surface area contributed by atoms with Gasteiger partial charge < -0.3 is 24.9 Å². The van der Waals surface area contributed by atoms with Crippen LogP contribution in [0.15, 0.2) is 107 Å². The van der Waals surface area contributed by atoms with Gasteiger partial charge in [0.05, 0.1) is 18.1 Å². The average Bonchev–Trinajstić information content (AvgIpc) is 3.36. The summed E-state index contributed by atoms with van der Waals surface area (Å²) in [5, 5.41) is 14.7. The topological polar surface area (TPSA) is 143 Å². The number of phenols is 1. The van der Waals surface area contributed by atoms with Crippen molar-refractivity contribution in [2.75, 3.05) is 17.7 Å². The molecule has 0 fully saturated rings. The summed E-state index contributed by atoms with van der Waals surface area (Å²) >= 11 is 1.67. The zero-order valence-electron chi connectivity index (χ0n) is 22.1. The van der Waals surface area contributed by atoms with Crippen LogP contribution in [0.5, 0.6) is 11.5 Å². The van der Waals surface area contributed by atoms with E-state index in [1.165, 1.54) is 31.1 Å². The van der Waals surface area contributed by atoms with Crippen molar-refractivity contribution in [3.8, 4) is 11.5 Å². The molecule has 0 saturated carbocycles. The van der Waals surface area contributed by atoms with Crippen LogP contribution in [0.3, 0.4) is 0 Å². The number of rotatable bonds is 6. The van der Waals surface area contributed by atoms with E-state index in [2.05, 4.69) is 37.5 Å². The molecule has 0 aliphatic heterocycles. The minimum Gasteiger partial charge on any atom is -0.507 e. The van der Waals surface area contributed by atoms with Crippen molar-refractivity contribution >= 4 is 52.4 Å². The molecule has 0 aliphatic rings. The number of fused-ring (bicyclic) bond motifs is 1. The second kappa shape index (κ2) is 13.7. The van der Waals surface area contributed by atoms with Crippen LogP contribution in [0.25, 0.3) is 11.0 Å². The summed E-state index contributed by atoms with van der Waals surface area (Å²) in [5.41, 5.74) is 2.36. The van der Waals surface area contributed by atoms with Gasteiger partial charge in [0.1, 0.15) is 17.1 Å². The Bertz CT molecular complexity index is 1660. The van der Waals surface area contributed by atoms with Crippen LogP contribution in [0.1, 0.15) is 17.3 Å². The maximum Gasteiger partial charge on any atom is 0.413 e. The first kappa shape index (κ1) is 28.7. The highest BCUT2D eigenvalue weighted by Crippen LogP contribution is 2.29. The Hall–Kier alpha value is -5.29. The lowest BCUT2D eigenvalue weighted by Gasteiger charge is -2.07. The minimum absolute atomic E-state index is 0.0958. The molecule has 1 aromatic heterocycles. The van der Waals surface area contributed by atoms with Crippen molar-refractivity contribution in [2.24, 2.45) is 0 Å². The quantitative estimate of drug-likeness (QED) is 0.135. The Morgan fingerprint density at radius 3 is 2.24 bits per heavy atom. The van der Waals surface area contributed by atoms with Gasteiger partial charge in [0.2, 0.25) is 11.9 Å². The zero-order chi connectivity index (χ0) is 29.2. The molecular weight excluding hydrogens is 544 g/mol. The summed E-state index contributed by atoms with van der Waals surface area (Å²) in [7, 11) is 1.31. The molecule has 0 radical (unpaired) electrons. The molecule has 0 unspecified atom stereocenters. The largest absolute Gasteiger partial charge is 0.507 e. The van der Waals surface area contributed by atoms with Crippen LogP contribution in [-0.4, -0.2) is 40.2 Å². The third kappa shape index (κ3) is 8.35. The summed E-state index contributed by atoms with van der Waals surface area (Å²) in [4.78, 5) is 43.5. The Labute approximate surface area is 239 Å². The zero-order valence-corrected chi connectivity index (χ0v) is 22.9. The number of phenolic OH excluding ortho intramolecular Hbond substituents is 1. The maximum atomic E-state index is 11.8. The third-order valence-corrected chi connectivity index (χ3v) is 6.34. The number of amides is 2. The van der Waals surface area contributed by atoms with E-state index in [1.54, 1.807) is 48.2 Å². The number of carbonyl (C=O) groups is 3. The monoisotopic (exact) mass is 570 g/mol. The molecule has 0 bridgehead atoms. The number of ether oxygens (including phenoxy) is 2. The first-order valence-corrected chi connectivity index (χ1v) is 13.1. The summed E-state index contributed by atoms with van der Waals surface area (Å²) < 4.78 is 9.67. The molecule has 1 heterocycles. The van der Waals surface area contributed by atoms with E-state index in [0.717, 1.165) is 15.9 Å². The fourth-order valence-electron chi connectivity index (χ4n) is 3.50. The van der Waals surface area contributed by atoms with Crippen LogP contribution in [0, 0.1) is 0 Å². The van der Waals surface area contributed by atoms with E-state index in [1.807, 2.05) is 36.4 Å². The Balaban J connectivity index is 0.000000189. The van der Waals surface area contributed by atoms with Gasteiger partial charge in [-0.15, -0.1) is 0 Å². The van der Waals surface area contributed by atoms with Crippen molar-refractivity contribution in [1.82, 2.24) is 9.97 Å². The van der Waals surface area contributed by atoms with E-state index in [9.17, 15) is 19.5 Å². The number of anilines is 2. The van der Waals surface area contributed by atoms with Gasteiger partial charge in [0, 0.05) is 22.4 Å². The number of carbonyl (C=O) groups excluding carboxylic acids is 3. The number of hydrogen-bond donors (Lipinski definition) is 4. The Morgan fingerprint density at radius 2 is 1.56 bits per heavy atom. The normalized spacial score (nSPS) is 10.2. The van der Waals surface area contributed by atoms with Crippen LogP contribution in [-0.2, 0) is 9.53 Å². The summed E-state index contributed by atoms with van der Waals surface area (Å²) in [6, 6.07) is 28.6. The highest BCUT2D eigenvalue weighted by Gasteiger charge is 2.13. The van der Waals surface area contributed by atoms with Crippen molar-refractivity contribution < 1.29 is 29.0 Å². The lowest BCUT2D eigenvalue weighted by molar-refractivity contribution is -0.114. The molecule has 11 heteroatoms. The number of hydrogen-bond acceptors (Lipinski definition) is 8. The number of aromatic amines is 1. The number of nitrogens with one attached hydrogen (secondary N) is 3. The van der Waals surface area contributed by atoms with Gasteiger partial charge in [-0.05, 0) is 66.7 Å². The number of benzene rings is 4. The molecular formula is C30H26N4O6S. The molecule has 4 aromatic carbocycles. The van der Waals surface area contributed by atoms with Crippen LogP contribution < -0.4 is 15.4 Å². The average molecular weight is 571 g/mol. The molecule has 0 atom stereocenters. The molecule has 4 N–H and O–H groups in total. The number of H-pyrrole nitrogens is 1. The lowest BCUT2D eigenvalue weighted by Crippen LogP contribution is -2.11. The number of para-hydroxylation sites is 1. The van der Waals surface area contributed by atoms with E-state index >= 15 is 0 Å². The van der Waals surface area contributed by atoms with E-state index < -0.39 is 12.1 Å². The van der Waals surface area contributed by atoms with Gasteiger partial charge in [0.15, 0.2) is 0 Å². The third-order valence-electron chi connectivity index (χ3n) is 5.35. The number of imidazole rings is 1. The van der Waals surface area contributed by atoms with E-state index in [0.29, 0.717) is 17.4 Å². The van der Waals surface area contributed by atoms with Crippen molar-refractivity contribution in [1.29, 1.82) is 0 Å². The molecule has 0 saturated heterocycles. The van der Waals surface area contributed by atoms with Gasteiger partial charge in [-0.25, -0.2) is 14.6 Å². The number of aromatic nitrogens is 2. The molecule has 208 valence electrons. The summed E-state index contributed by atoms with van der Waals surface area (Å²) in [6.45, 7) is 1.41. The fraction of sp³-hybridized carbons (Fsp3) is 0.0667. The van der Waals surface area contributed by atoms with Crippen LogP contribution in [0.2, 0.25) is 0 Å². The number of esters is 1. The van der Waals surface area contributed by atoms with Crippen LogP contribution in [0.4, 0.5) is 16.4 Å². The predicted octanol–water partition coefficient (Wildman–Crippen LogP) is 6.46. The highest BCUT2D eigenvalue weighted by molar-refractivity contribution is 7.99. The fourth-order valence-corrected chi connectivity index (χ4v) is 4.38. The first-order chi connectivity index (χ1) is 19.8. The smallest absolute Gasteiger partial charge is 0.413 e. The molecule has 5 aromatic rings. The minimum atomic E-state index is -0.643. The van der Waals surface area contributed by atoms with Gasteiger partial charge in [0.25, 0.3) is 0 Å². The van der Waals surface area contributed by atoms with Gasteiger partial charge in [-0.2, -0.15) is 0 Å². The maximum absolute atomic E-state index is 11.8. The Kier molecular flexibility index (Phi) is 9.57. The van der Waals surface area contributed by atoms with Crippen molar-refractivity contribution in [2.45, 2.75) is 16.7 Å². The van der Waals surface area contributed by atoms with Gasteiger partial charge in [-0.3, -0.25) is 10.1 Å². The van der Waals surface area contributed by atoms with E-state index in [4.69, 9.17) is 4.74 Å². The van der Waals surface area contributed by atoms with Crippen molar-refractivity contribution in [3.05, 3.63) is 103 Å². The summed E-state index contributed by atoms with van der Waals surface area (Å²) in [6.07, 6.45) is -0.548. The number of methoxy groups -OCH3 is 1. The van der Waals surface area contributed by atoms with Crippen LogP contribution >= 0.6 is 11.8 Å². The first-order valence-electron chi connectivity index (χ1n) is 12.3. The van der Waals surface area contributed by atoms with E-state index in [-0.39, 0.29) is 17.2 Å². The SMILES string of the molecule is CC(=O)Nc1ccc(OC(=O)c2ccccc2O)cc1.COC(=O)Nc1nc2ccc(Sc3ccccc3)cc2[nH]1. The molecule has 41 heavy (non-hydrogen) atoms. The van der Waals surface area contributed by atoms with Crippen molar-refractivity contribution in [3.63, 3.8) is 0 Å². The second-order valence-electron chi connectivity index (χ2n) is 8.41. The number of aromatic hydroxyl groups is 1. The molecule has 10 nitrogen and oxygen atoms in total. The molecule has 0 aliphatic carbocycles. The van der Waals surface area contributed by atoms with Gasteiger partial charge in [-0.1, -0.05) is 42.1 Å². The summed E-state index contributed by atoms with van der Waals surface area (Å²) in [5.74, 6) is -0.252. The lowest BCUT2D eigenvalue weighted by atomic mass is 10.2.